The molecule has 0 N–H and O–H groups in total. The number of fused-ring (bicyclic) bond motifs is 6. The van der Waals surface area contributed by atoms with Crippen molar-refractivity contribution >= 4 is 60.8 Å². The van der Waals surface area contributed by atoms with Gasteiger partial charge in [0.1, 0.15) is 11.2 Å². The van der Waals surface area contributed by atoms with E-state index in [-0.39, 0.29) is 0 Å². The molecule has 10 aromatic carbocycles. The predicted octanol–water partition coefficient (Wildman–Crippen LogP) is 16.8. The SMILES string of the molecule is c1ccc(-c2ccc(-c3cccc(N(c4ccc(-c5ccc(-n6c7ccccc7c7ccccc76)cc5)cc4)c4cccc(-c5cccc6oc7ccccc7c56)c4)c3)cc2)cc1. The Hall–Kier alpha value is -8.40. The minimum atomic E-state index is 0.889. The van der Waals surface area contributed by atoms with Crippen molar-refractivity contribution in [2.45, 2.75) is 0 Å². The van der Waals surface area contributed by atoms with Crippen molar-refractivity contribution in [3.05, 3.63) is 243 Å². The molecule has 0 amide bonds. The average molecular weight is 805 g/mol. The molecule has 2 heterocycles. The van der Waals surface area contributed by atoms with Gasteiger partial charge in [-0.15, -0.1) is 0 Å². The van der Waals surface area contributed by atoms with E-state index >= 15 is 0 Å². The number of aromatic nitrogens is 1. The third-order valence-corrected chi connectivity index (χ3v) is 12.4. The lowest BCUT2D eigenvalue weighted by Crippen LogP contribution is -2.10. The van der Waals surface area contributed by atoms with Crippen LogP contribution in [0.3, 0.4) is 0 Å². The summed E-state index contributed by atoms with van der Waals surface area (Å²) in [5, 5.41) is 4.78. The van der Waals surface area contributed by atoms with Crippen LogP contribution in [0.15, 0.2) is 247 Å². The number of furan rings is 1. The maximum absolute atomic E-state index is 6.31. The highest BCUT2D eigenvalue weighted by Gasteiger charge is 2.18. The molecule has 0 fully saturated rings. The Labute approximate surface area is 366 Å². The van der Waals surface area contributed by atoms with E-state index in [9.17, 15) is 0 Å². The molecule has 3 heteroatoms. The highest BCUT2D eigenvalue weighted by molar-refractivity contribution is 6.12. The van der Waals surface area contributed by atoms with E-state index in [1.54, 1.807) is 0 Å². The van der Waals surface area contributed by atoms with Gasteiger partial charge < -0.3 is 13.9 Å². The molecule has 12 aromatic rings. The Morgan fingerprint density at radius 1 is 0.302 bits per heavy atom. The minimum Gasteiger partial charge on any atom is -0.456 e. The summed E-state index contributed by atoms with van der Waals surface area (Å²) in [6.45, 7) is 0. The summed E-state index contributed by atoms with van der Waals surface area (Å²) >= 11 is 0. The third kappa shape index (κ3) is 6.46. The third-order valence-electron chi connectivity index (χ3n) is 12.4. The van der Waals surface area contributed by atoms with Crippen molar-refractivity contribution in [1.82, 2.24) is 4.57 Å². The predicted molar refractivity (Wildman–Crippen MR) is 264 cm³/mol. The van der Waals surface area contributed by atoms with Crippen molar-refractivity contribution in [2.24, 2.45) is 0 Å². The van der Waals surface area contributed by atoms with Crippen molar-refractivity contribution < 1.29 is 4.42 Å². The molecule has 0 bridgehead atoms. The van der Waals surface area contributed by atoms with Gasteiger partial charge >= 0.3 is 0 Å². The van der Waals surface area contributed by atoms with Crippen LogP contribution in [0.25, 0.3) is 93.9 Å². The summed E-state index contributed by atoms with van der Waals surface area (Å²) in [5.74, 6) is 0. The maximum Gasteiger partial charge on any atom is 0.136 e. The van der Waals surface area contributed by atoms with Crippen molar-refractivity contribution in [3.63, 3.8) is 0 Å². The molecule has 2 aromatic heterocycles. The van der Waals surface area contributed by atoms with Gasteiger partial charge in [0.25, 0.3) is 0 Å². The fourth-order valence-electron chi connectivity index (χ4n) is 9.39. The zero-order valence-electron chi connectivity index (χ0n) is 34.4. The van der Waals surface area contributed by atoms with Gasteiger partial charge in [-0.2, -0.15) is 0 Å². The van der Waals surface area contributed by atoms with Crippen LogP contribution in [0, 0.1) is 0 Å². The molecular weight excluding hydrogens is 765 g/mol. The molecule has 0 saturated carbocycles. The first kappa shape index (κ1) is 36.5. The summed E-state index contributed by atoms with van der Waals surface area (Å²) in [6, 6.07) is 87.1. The van der Waals surface area contributed by atoms with Gasteiger partial charge in [-0.3, -0.25) is 0 Å². The molecule has 0 radical (unpaired) electrons. The smallest absolute Gasteiger partial charge is 0.136 e. The fraction of sp³-hybridized carbons (Fsp3) is 0. The van der Waals surface area contributed by atoms with Crippen LogP contribution in [-0.4, -0.2) is 4.57 Å². The summed E-state index contributed by atoms with van der Waals surface area (Å²) in [6.07, 6.45) is 0. The van der Waals surface area contributed by atoms with Crippen LogP contribution in [0.5, 0.6) is 0 Å². The van der Waals surface area contributed by atoms with Gasteiger partial charge in [0.2, 0.25) is 0 Å². The Kier molecular flexibility index (Phi) is 8.83. The summed E-state index contributed by atoms with van der Waals surface area (Å²) in [7, 11) is 0. The maximum atomic E-state index is 6.31. The molecular formula is C60H40N2O. The Bertz CT molecular complexity index is 3550. The fourth-order valence-corrected chi connectivity index (χ4v) is 9.39. The molecule has 0 aliphatic rings. The van der Waals surface area contributed by atoms with Crippen LogP contribution >= 0.6 is 0 Å². The van der Waals surface area contributed by atoms with Gasteiger partial charge in [0.15, 0.2) is 0 Å². The first-order valence-electron chi connectivity index (χ1n) is 21.5. The van der Waals surface area contributed by atoms with Crippen LogP contribution in [0.1, 0.15) is 0 Å². The number of hydrogen-bond acceptors (Lipinski definition) is 2. The molecule has 0 spiro atoms. The molecule has 0 saturated heterocycles. The van der Waals surface area contributed by atoms with Gasteiger partial charge in [-0.05, 0) is 117 Å². The number of anilines is 3. The molecule has 12 rings (SSSR count). The van der Waals surface area contributed by atoms with Crippen LogP contribution in [0.4, 0.5) is 17.1 Å². The summed E-state index contributed by atoms with van der Waals surface area (Å²) in [5.41, 5.74) is 17.9. The van der Waals surface area contributed by atoms with Gasteiger partial charge in [0.05, 0.1) is 11.0 Å². The number of hydrogen-bond donors (Lipinski definition) is 0. The molecule has 296 valence electrons. The molecule has 0 aliphatic heterocycles. The zero-order chi connectivity index (χ0) is 41.7. The van der Waals surface area contributed by atoms with Crippen LogP contribution in [-0.2, 0) is 0 Å². The molecule has 0 aliphatic carbocycles. The molecule has 0 atom stereocenters. The van der Waals surface area contributed by atoms with E-state index in [0.29, 0.717) is 0 Å². The van der Waals surface area contributed by atoms with E-state index in [4.69, 9.17) is 4.42 Å². The molecule has 3 nitrogen and oxygen atoms in total. The molecule has 0 unspecified atom stereocenters. The Balaban J connectivity index is 0.935. The van der Waals surface area contributed by atoms with E-state index < -0.39 is 0 Å². The van der Waals surface area contributed by atoms with Gasteiger partial charge in [-0.25, -0.2) is 0 Å². The van der Waals surface area contributed by atoms with Crippen molar-refractivity contribution in [3.8, 4) is 50.2 Å². The normalized spacial score (nSPS) is 11.5. The standard InChI is InChI=1S/C60H40N2O/c1-2-13-41(14-3-1)42-27-29-45(30-28-42)46-15-10-17-50(39-46)61(51-18-11-16-47(40-51)52-22-12-26-59-60(52)55-21-6-9-25-58(55)63-59)48-35-31-43(32-36-48)44-33-37-49(38-34-44)62-56-23-7-4-19-53(56)54-20-5-8-24-57(54)62/h1-40H. The Morgan fingerprint density at radius 3 is 1.43 bits per heavy atom. The van der Waals surface area contributed by atoms with E-state index in [1.165, 1.54) is 44.1 Å². The quantitative estimate of drug-likeness (QED) is 0.153. The van der Waals surface area contributed by atoms with E-state index in [2.05, 4.69) is 240 Å². The second-order valence-corrected chi connectivity index (χ2v) is 16.1. The highest BCUT2D eigenvalue weighted by Crippen LogP contribution is 2.42. The first-order chi connectivity index (χ1) is 31.2. The van der Waals surface area contributed by atoms with Gasteiger partial charge in [-0.1, -0.05) is 170 Å². The lowest BCUT2D eigenvalue weighted by atomic mass is 9.98. The molecule has 63 heavy (non-hydrogen) atoms. The van der Waals surface area contributed by atoms with Crippen molar-refractivity contribution in [1.29, 1.82) is 0 Å². The number of rotatable bonds is 8. The lowest BCUT2D eigenvalue weighted by molar-refractivity contribution is 0.669. The van der Waals surface area contributed by atoms with Crippen molar-refractivity contribution in [2.75, 3.05) is 4.90 Å². The number of para-hydroxylation sites is 3. The zero-order valence-corrected chi connectivity index (χ0v) is 34.4. The lowest BCUT2D eigenvalue weighted by Gasteiger charge is -2.27. The van der Waals surface area contributed by atoms with Crippen LogP contribution < -0.4 is 4.90 Å². The second kappa shape index (κ2) is 15.3. The second-order valence-electron chi connectivity index (χ2n) is 16.1. The minimum absolute atomic E-state index is 0.889. The first-order valence-corrected chi connectivity index (χ1v) is 21.5. The largest absolute Gasteiger partial charge is 0.456 e. The number of benzene rings is 10. The Morgan fingerprint density at radius 2 is 0.762 bits per heavy atom. The van der Waals surface area contributed by atoms with Gasteiger partial charge in [0, 0.05) is 44.3 Å². The summed E-state index contributed by atoms with van der Waals surface area (Å²) in [4.78, 5) is 2.37. The monoisotopic (exact) mass is 804 g/mol. The number of nitrogens with zero attached hydrogens (tertiary/aromatic N) is 2. The summed E-state index contributed by atoms with van der Waals surface area (Å²) < 4.78 is 8.68. The topological polar surface area (TPSA) is 21.3 Å². The highest BCUT2D eigenvalue weighted by atomic mass is 16.3. The van der Waals surface area contributed by atoms with E-state index in [0.717, 1.165) is 66.9 Å². The van der Waals surface area contributed by atoms with Crippen LogP contribution in [0.2, 0.25) is 0 Å². The van der Waals surface area contributed by atoms with E-state index in [1.807, 2.05) is 12.1 Å². The average Bonchev–Trinajstić information content (AvgIpc) is 3.91.